The van der Waals surface area contributed by atoms with Crippen LogP contribution >= 0.6 is 12.2 Å². The highest BCUT2D eigenvalue weighted by molar-refractivity contribution is 7.80. The lowest BCUT2D eigenvalue weighted by atomic mass is 9.90. The van der Waals surface area contributed by atoms with Gasteiger partial charge < -0.3 is 15.2 Å². The molecule has 0 aromatic heterocycles. The van der Waals surface area contributed by atoms with Gasteiger partial charge in [0.15, 0.2) is 0 Å². The zero-order valence-electron chi connectivity index (χ0n) is 9.34. The molecular weight excluding hydrogens is 198 g/mol. The van der Waals surface area contributed by atoms with Gasteiger partial charge in [-0.25, -0.2) is 0 Å². The fraction of sp³-hybridized carbons (Fsp3) is 0.900. The summed E-state index contributed by atoms with van der Waals surface area (Å²) in [5.41, 5.74) is 5.49. The normalized spacial score (nSPS) is 11.6. The second kappa shape index (κ2) is 7.15. The van der Waals surface area contributed by atoms with E-state index in [0.29, 0.717) is 11.6 Å². The van der Waals surface area contributed by atoms with Crippen LogP contribution < -0.4 is 5.73 Å². The Hall–Kier alpha value is -0.190. The molecule has 0 amide bonds. The van der Waals surface area contributed by atoms with E-state index in [0.717, 1.165) is 26.1 Å². The van der Waals surface area contributed by atoms with Crippen LogP contribution in [0, 0.1) is 5.41 Å². The average Bonchev–Trinajstić information content (AvgIpc) is 2.10. The smallest absolute Gasteiger partial charge is 0.0785 e. The first-order chi connectivity index (χ1) is 6.50. The van der Waals surface area contributed by atoms with Gasteiger partial charge in [-0.1, -0.05) is 26.1 Å². The van der Waals surface area contributed by atoms with Crippen LogP contribution in [0.2, 0.25) is 0 Å². The fourth-order valence-electron chi connectivity index (χ4n) is 0.858. The highest BCUT2D eigenvalue weighted by atomic mass is 32.1. The summed E-state index contributed by atoms with van der Waals surface area (Å²) in [6.07, 6.45) is 1.80. The molecule has 0 saturated heterocycles. The average molecular weight is 219 g/mol. The topological polar surface area (TPSA) is 44.5 Å². The monoisotopic (exact) mass is 219 g/mol. The maximum absolute atomic E-state index is 5.59. The number of hydrogen-bond acceptors (Lipinski definition) is 3. The lowest BCUT2D eigenvalue weighted by Crippen LogP contribution is -2.30. The molecule has 0 aromatic rings. The summed E-state index contributed by atoms with van der Waals surface area (Å²) in [6.45, 7) is 6.26. The summed E-state index contributed by atoms with van der Waals surface area (Å²) in [7, 11) is 1.69. The fourth-order valence-corrected chi connectivity index (χ4v) is 0.960. The van der Waals surface area contributed by atoms with Gasteiger partial charge in [0.25, 0.3) is 0 Å². The second-order valence-corrected chi connectivity index (χ2v) is 4.40. The molecule has 84 valence electrons. The molecule has 0 radical (unpaired) electrons. The van der Waals surface area contributed by atoms with Crippen LogP contribution in [-0.2, 0) is 9.47 Å². The minimum atomic E-state index is -0.101. The zero-order chi connectivity index (χ0) is 11.0. The molecule has 0 aliphatic carbocycles. The van der Waals surface area contributed by atoms with E-state index >= 15 is 0 Å². The van der Waals surface area contributed by atoms with E-state index in [1.807, 2.05) is 13.8 Å². The summed E-state index contributed by atoms with van der Waals surface area (Å²) in [5, 5.41) is 0. The van der Waals surface area contributed by atoms with Gasteiger partial charge in [0.2, 0.25) is 0 Å². The number of ether oxygens (including phenoxy) is 2. The first kappa shape index (κ1) is 13.8. The van der Waals surface area contributed by atoms with Gasteiger partial charge >= 0.3 is 0 Å². The summed E-state index contributed by atoms with van der Waals surface area (Å²) in [5.74, 6) is 0. The number of rotatable bonds is 8. The Morgan fingerprint density at radius 1 is 1.29 bits per heavy atom. The highest BCUT2D eigenvalue weighted by Crippen LogP contribution is 2.20. The predicted molar refractivity (Wildman–Crippen MR) is 62.5 cm³/mol. The predicted octanol–water partition coefficient (Wildman–Crippen LogP) is 1.74. The molecule has 0 aliphatic heterocycles. The Morgan fingerprint density at radius 2 is 1.93 bits per heavy atom. The highest BCUT2D eigenvalue weighted by Gasteiger charge is 2.20. The number of nitrogens with two attached hydrogens (primary N) is 1. The summed E-state index contributed by atoms with van der Waals surface area (Å²) in [4.78, 5) is 0.554. The van der Waals surface area contributed by atoms with Gasteiger partial charge in [-0.3, -0.25) is 0 Å². The van der Waals surface area contributed by atoms with Crippen molar-refractivity contribution in [2.75, 3.05) is 26.9 Å². The summed E-state index contributed by atoms with van der Waals surface area (Å²) >= 11 is 4.95. The Bertz CT molecular complexity index is 172. The lowest BCUT2D eigenvalue weighted by Gasteiger charge is -2.22. The van der Waals surface area contributed by atoms with Crippen molar-refractivity contribution < 1.29 is 9.47 Å². The Balaban J connectivity index is 3.40. The summed E-state index contributed by atoms with van der Waals surface area (Å²) < 4.78 is 10.3. The van der Waals surface area contributed by atoms with Gasteiger partial charge in [-0.15, -0.1) is 0 Å². The lowest BCUT2D eigenvalue weighted by molar-refractivity contribution is 0.0917. The van der Waals surface area contributed by atoms with Crippen LogP contribution in [-0.4, -0.2) is 31.9 Å². The first-order valence-electron chi connectivity index (χ1n) is 4.87. The van der Waals surface area contributed by atoms with Crippen molar-refractivity contribution in [3.63, 3.8) is 0 Å². The van der Waals surface area contributed by atoms with E-state index in [1.165, 1.54) is 0 Å². The molecule has 0 atom stereocenters. The zero-order valence-corrected chi connectivity index (χ0v) is 10.2. The van der Waals surface area contributed by atoms with E-state index in [-0.39, 0.29) is 5.41 Å². The molecular formula is C10H21NO2S. The molecule has 4 heteroatoms. The Kier molecular flexibility index (Phi) is 7.05. The van der Waals surface area contributed by atoms with Crippen LogP contribution in [0.1, 0.15) is 26.7 Å². The van der Waals surface area contributed by atoms with Gasteiger partial charge in [0.05, 0.1) is 4.99 Å². The molecule has 0 spiro atoms. The van der Waals surface area contributed by atoms with Crippen LogP contribution in [0.15, 0.2) is 0 Å². The molecule has 0 rings (SSSR count). The van der Waals surface area contributed by atoms with Crippen molar-refractivity contribution in [2.24, 2.45) is 11.1 Å². The molecule has 0 aliphatic rings. The van der Waals surface area contributed by atoms with Crippen molar-refractivity contribution >= 4 is 17.2 Å². The summed E-state index contributed by atoms with van der Waals surface area (Å²) in [6, 6.07) is 0. The van der Waals surface area contributed by atoms with Crippen molar-refractivity contribution in [1.82, 2.24) is 0 Å². The van der Waals surface area contributed by atoms with Crippen molar-refractivity contribution in [3.8, 4) is 0 Å². The third-order valence-electron chi connectivity index (χ3n) is 2.18. The third-order valence-corrected chi connectivity index (χ3v) is 2.73. The molecule has 0 saturated carbocycles. The minimum absolute atomic E-state index is 0.101. The van der Waals surface area contributed by atoms with E-state index in [9.17, 15) is 0 Å². The van der Waals surface area contributed by atoms with E-state index < -0.39 is 0 Å². The molecule has 14 heavy (non-hydrogen) atoms. The quantitative estimate of drug-likeness (QED) is 0.499. The van der Waals surface area contributed by atoms with Gasteiger partial charge in [0, 0.05) is 32.3 Å². The number of methoxy groups -OCH3 is 1. The maximum Gasteiger partial charge on any atom is 0.0785 e. The molecule has 0 bridgehead atoms. The van der Waals surface area contributed by atoms with Crippen molar-refractivity contribution in [1.29, 1.82) is 0 Å². The molecule has 3 nitrogen and oxygen atoms in total. The largest absolute Gasteiger partial charge is 0.393 e. The third kappa shape index (κ3) is 6.29. The van der Waals surface area contributed by atoms with Gasteiger partial charge in [0.1, 0.15) is 0 Å². The van der Waals surface area contributed by atoms with E-state index in [1.54, 1.807) is 7.11 Å². The molecule has 0 heterocycles. The van der Waals surface area contributed by atoms with Crippen LogP contribution in [0.4, 0.5) is 0 Å². The first-order valence-corrected chi connectivity index (χ1v) is 5.28. The molecule has 0 aromatic carbocycles. The Labute approximate surface area is 91.9 Å². The standard InChI is InChI=1S/C10H21NO2S/c1-10(2,9(11)14)5-8-13-7-4-6-12-3/h4-8H2,1-3H3,(H2,11,14). The molecule has 0 fully saturated rings. The second-order valence-electron chi connectivity index (χ2n) is 3.96. The van der Waals surface area contributed by atoms with Crippen LogP contribution in [0.3, 0.4) is 0 Å². The minimum Gasteiger partial charge on any atom is -0.393 e. The van der Waals surface area contributed by atoms with E-state index in [2.05, 4.69) is 0 Å². The molecule has 2 N–H and O–H groups in total. The van der Waals surface area contributed by atoms with Crippen molar-refractivity contribution in [2.45, 2.75) is 26.7 Å². The number of hydrogen-bond donors (Lipinski definition) is 1. The van der Waals surface area contributed by atoms with E-state index in [4.69, 9.17) is 27.4 Å². The SMILES string of the molecule is COCCCOCCC(C)(C)C(N)=S. The van der Waals surface area contributed by atoms with Crippen molar-refractivity contribution in [3.05, 3.63) is 0 Å². The Morgan fingerprint density at radius 3 is 2.43 bits per heavy atom. The molecule has 0 unspecified atom stereocenters. The number of thiocarbonyl (C=S) groups is 1. The maximum atomic E-state index is 5.59. The van der Waals surface area contributed by atoms with Crippen LogP contribution in [0.25, 0.3) is 0 Å². The van der Waals surface area contributed by atoms with Gasteiger partial charge in [-0.05, 0) is 12.8 Å². The van der Waals surface area contributed by atoms with Crippen LogP contribution in [0.5, 0.6) is 0 Å². The van der Waals surface area contributed by atoms with Gasteiger partial charge in [-0.2, -0.15) is 0 Å².